The second-order valence-electron chi connectivity index (χ2n) is 7.07. The monoisotopic (exact) mass is 412 g/mol. The van der Waals surface area contributed by atoms with Crippen molar-refractivity contribution >= 4 is 6.21 Å². The Morgan fingerprint density at radius 2 is 1.87 bits per heavy atom. The van der Waals surface area contributed by atoms with Crippen molar-refractivity contribution in [1.29, 1.82) is 0 Å². The highest BCUT2D eigenvalue weighted by Gasteiger charge is 2.32. The first-order valence-electron chi connectivity index (χ1n) is 9.76. The van der Waals surface area contributed by atoms with Gasteiger partial charge in [0.05, 0.1) is 0 Å². The van der Waals surface area contributed by atoms with Gasteiger partial charge in [0.25, 0.3) is 0 Å². The zero-order valence-corrected chi connectivity index (χ0v) is 16.7. The third kappa shape index (κ3) is 6.78. The number of allylic oxidation sites excluding steroid dienone is 1. The molecule has 0 radical (unpaired) electrons. The van der Waals surface area contributed by atoms with E-state index in [9.17, 15) is 13.2 Å². The lowest BCUT2D eigenvalue weighted by molar-refractivity contribution is -0.274. The van der Waals surface area contributed by atoms with Gasteiger partial charge in [-0.25, -0.2) is 0 Å². The van der Waals surface area contributed by atoms with E-state index in [1.165, 1.54) is 11.6 Å². The first-order chi connectivity index (χ1) is 14.4. The lowest BCUT2D eigenvalue weighted by Gasteiger charge is -2.18. The highest BCUT2D eigenvalue weighted by atomic mass is 19.4. The van der Waals surface area contributed by atoms with E-state index in [2.05, 4.69) is 33.8 Å². The molecule has 0 saturated heterocycles. The molecule has 1 unspecified atom stereocenters. The summed E-state index contributed by atoms with van der Waals surface area (Å²) < 4.78 is 42.9. The molecule has 1 aliphatic heterocycles. The van der Waals surface area contributed by atoms with Gasteiger partial charge in [0.1, 0.15) is 5.75 Å². The van der Waals surface area contributed by atoms with Gasteiger partial charge < -0.3 is 10.1 Å². The van der Waals surface area contributed by atoms with Crippen LogP contribution in [0.3, 0.4) is 0 Å². The quantitative estimate of drug-likeness (QED) is 0.548. The third-order valence-electron chi connectivity index (χ3n) is 4.72. The number of hydrogen-bond acceptors (Lipinski definition) is 3. The molecule has 1 N–H and O–H groups in total. The first kappa shape index (κ1) is 21.7. The summed E-state index contributed by atoms with van der Waals surface area (Å²) in [5, 5.41) is 3.29. The van der Waals surface area contributed by atoms with Crippen molar-refractivity contribution in [2.45, 2.75) is 19.7 Å². The van der Waals surface area contributed by atoms with Gasteiger partial charge in [-0.05, 0) is 54.8 Å². The van der Waals surface area contributed by atoms with Gasteiger partial charge >= 0.3 is 6.36 Å². The van der Waals surface area contributed by atoms with Crippen LogP contribution in [0.5, 0.6) is 5.75 Å². The highest BCUT2D eigenvalue weighted by molar-refractivity contribution is 5.73. The van der Waals surface area contributed by atoms with Crippen LogP contribution >= 0.6 is 0 Å². The number of dihydropyridines is 1. The Morgan fingerprint density at radius 3 is 2.60 bits per heavy atom. The molecule has 0 aromatic heterocycles. The van der Waals surface area contributed by atoms with Crippen LogP contribution in [0.15, 0.2) is 65.2 Å². The maximum Gasteiger partial charge on any atom is 0.573 e. The Morgan fingerprint density at radius 1 is 1.10 bits per heavy atom. The fraction of sp³-hybridized carbons (Fsp3) is 0.292. The molecule has 30 heavy (non-hydrogen) atoms. The number of nitrogens with one attached hydrogen (secondary N) is 1. The second-order valence-corrected chi connectivity index (χ2v) is 7.07. The van der Waals surface area contributed by atoms with Crippen LogP contribution in [0.1, 0.15) is 23.6 Å². The summed E-state index contributed by atoms with van der Waals surface area (Å²) in [5.41, 5.74) is 2.98. The minimum atomic E-state index is -4.75. The lowest BCUT2D eigenvalue weighted by atomic mass is 9.99. The lowest BCUT2D eigenvalue weighted by Crippen LogP contribution is -2.25. The van der Waals surface area contributed by atoms with Crippen molar-refractivity contribution in [3.63, 3.8) is 0 Å². The highest BCUT2D eigenvalue weighted by Crippen LogP contribution is 2.28. The smallest absolute Gasteiger partial charge is 0.405 e. The molecule has 1 atom stereocenters. The van der Waals surface area contributed by atoms with Crippen molar-refractivity contribution in [2.24, 2.45) is 10.9 Å². The normalized spacial score (nSPS) is 15.9. The summed E-state index contributed by atoms with van der Waals surface area (Å²) in [4.78, 5) is 4.21. The van der Waals surface area contributed by atoms with E-state index in [4.69, 9.17) is 0 Å². The number of aliphatic imine (C=N–C) groups is 1. The summed E-state index contributed by atoms with van der Waals surface area (Å²) in [6.07, 6.45) is -0.566. The number of nitrogens with zero attached hydrogens (tertiary/aromatic N) is 1. The summed E-state index contributed by atoms with van der Waals surface area (Å²) in [6.45, 7) is 4.09. The first-order valence-corrected chi connectivity index (χ1v) is 9.76. The van der Waals surface area contributed by atoms with E-state index in [0.29, 0.717) is 36.6 Å². The number of ether oxygens (including phenoxy) is 1. The van der Waals surface area contributed by atoms with Crippen LogP contribution in [0.2, 0.25) is 0 Å². The molecule has 2 aromatic carbocycles. The van der Waals surface area contributed by atoms with Crippen LogP contribution in [-0.2, 0) is 6.42 Å². The molecule has 0 spiro atoms. The minimum Gasteiger partial charge on any atom is -0.405 e. The van der Waals surface area contributed by atoms with Crippen LogP contribution in [0.25, 0.3) is 0 Å². The number of hydrogen-bond donors (Lipinski definition) is 1. The van der Waals surface area contributed by atoms with Gasteiger partial charge in [-0.1, -0.05) is 48.6 Å². The number of benzene rings is 2. The molecule has 156 valence electrons. The van der Waals surface area contributed by atoms with Gasteiger partial charge in [0.15, 0.2) is 0 Å². The average Bonchev–Trinajstić information content (AvgIpc) is 2.71. The van der Waals surface area contributed by atoms with Crippen LogP contribution < -0.4 is 10.1 Å². The van der Waals surface area contributed by atoms with E-state index in [1.54, 1.807) is 18.3 Å². The molecule has 3 rings (SSSR count). The summed E-state index contributed by atoms with van der Waals surface area (Å²) in [5.74, 6) is 6.01. The maximum atomic E-state index is 12.9. The molecule has 0 saturated carbocycles. The van der Waals surface area contributed by atoms with Gasteiger partial charge in [-0.2, -0.15) is 0 Å². The molecule has 1 heterocycles. The van der Waals surface area contributed by atoms with Crippen LogP contribution in [0.4, 0.5) is 13.2 Å². The molecule has 0 fully saturated rings. The number of halogens is 3. The van der Waals surface area contributed by atoms with Crippen molar-refractivity contribution in [1.82, 2.24) is 5.32 Å². The predicted octanol–water partition coefficient (Wildman–Crippen LogP) is 4.76. The molecular formula is C24H23F3N2O. The molecule has 6 heteroatoms. The standard InChI is InChI=1S/C24H23F3N2O/c1-18-16-28-14-12-22(18)17-29-13-11-21-10-9-20(15-23(21)30-24(25,26)27)8-7-19-5-3-2-4-6-19/h2-6,9-10,12,14-15,18,29H,11,13,16-17H2,1H3. The van der Waals surface area contributed by atoms with Crippen molar-refractivity contribution in [3.8, 4) is 17.6 Å². The minimum absolute atomic E-state index is 0.207. The molecule has 1 aliphatic rings. The van der Waals surface area contributed by atoms with E-state index in [1.807, 2.05) is 36.4 Å². The third-order valence-corrected chi connectivity index (χ3v) is 4.72. The molecule has 2 aromatic rings. The summed E-state index contributed by atoms with van der Waals surface area (Å²) >= 11 is 0. The molecule has 0 aliphatic carbocycles. The molecule has 0 amide bonds. The largest absolute Gasteiger partial charge is 0.573 e. The van der Waals surface area contributed by atoms with Crippen molar-refractivity contribution in [3.05, 3.63) is 76.9 Å². The molecule has 0 bridgehead atoms. The van der Waals surface area contributed by atoms with Crippen molar-refractivity contribution < 1.29 is 17.9 Å². The molecule has 3 nitrogen and oxygen atoms in total. The Bertz CT molecular complexity index is 969. The zero-order chi connectivity index (χ0) is 21.4. The van der Waals surface area contributed by atoms with Gasteiger partial charge in [-0.3, -0.25) is 4.99 Å². The van der Waals surface area contributed by atoms with E-state index in [0.717, 1.165) is 12.1 Å². The SMILES string of the molecule is CC1CN=CC=C1CNCCc1ccc(C#Cc2ccccc2)cc1OC(F)(F)F. The fourth-order valence-corrected chi connectivity index (χ4v) is 3.06. The van der Waals surface area contributed by atoms with Gasteiger partial charge in [0, 0.05) is 30.4 Å². The van der Waals surface area contributed by atoms with Gasteiger partial charge in [-0.15, -0.1) is 13.2 Å². The Kier molecular flexibility index (Phi) is 7.31. The fourth-order valence-electron chi connectivity index (χ4n) is 3.06. The molecular weight excluding hydrogens is 389 g/mol. The maximum absolute atomic E-state index is 12.9. The number of rotatable bonds is 6. The van der Waals surface area contributed by atoms with E-state index in [-0.39, 0.29) is 5.75 Å². The Hall–Kier alpha value is -3.04. The average molecular weight is 412 g/mol. The van der Waals surface area contributed by atoms with Crippen LogP contribution in [0, 0.1) is 17.8 Å². The van der Waals surface area contributed by atoms with Gasteiger partial charge in [0.2, 0.25) is 0 Å². The predicted molar refractivity (Wildman–Crippen MR) is 113 cm³/mol. The number of alkyl halides is 3. The second kappa shape index (κ2) is 10.1. The Labute approximate surface area is 174 Å². The van der Waals surface area contributed by atoms with E-state index < -0.39 is 6.36 Å². The zero-order valence-electron chi connectivity index (χ0n) is 16.7. The van der Waals surface area contributed by atoms with Crippen molar-refractivity contribution in [2.75, 3.05) is 19.6 Å². The van der Waals surface area contributed by atoms with E-state index >= 15 is 0 Å². The summed E-state index contributed by atoms with van der Waals surface area (Å²) in [7, 11) is 0. The topological polar surface area (TPSA) is 33.6 Å². The summed E-state index contributed by atoms with van der Waals surface area (Å²) in [6, 6.07) is 14.0. The Balaban J connectivity index is 1.67. The van der Waals surface area contributed by atoms with Crippen LogP contribution in [-0.4, -0.2) is 32.2 Å².